The predicted octanol–water partition coefficient (Wildman–Crippen LogP) is 3.26. The van der Waals surface area contributed by atoms with E-state index in [9.17, 15) is 4.79 Å². The zero-order valence-electron chi connectivity index (χ0n) is 14.1. The van der Waals surface area contributed by atoms with Crippen LogP contribution >= 0.6 is 0 Å². The van der Waals surface area contributed by atoms with E-state index >= 15 is 0 Å². The molecule has 4 rings (SSSR count). The van der Waals surface area contributed by atoms with Crippen LogP contribution in [0, 0.1) is 13.8 Å². The van der Waals surface area contributed by atoms with Crippen molar-refractivity contribution in [3.63, 3.8) is 0 Å². The van der Waals surface area contributed by atoms with E-state index in [1.54, 1.807) is 10.5 Å². The van der Waals surface area contributed by atoms with Crippen molar-refractivity contribution in [2.75, 3.05) is 11.4 Å². The fourth-order valence-corrected chi connectivity index (χ4v) is 3.50. The van der Waals surface area contributed by atoms with Crippen molar-refractivity contribution in [2.24, 2.45) is 0 Å². The fraction of sp³-hybridized carbons (Fsp3) is 0.300. The highest BCUT2D eigenvalue weighted by Crippen LogP contribution is 2.28. The molecule has 0 aliphatic carbocycles. The number of nitrogens with zero attached hydrogens (tertiary/aromatic N) is 3. The second-order valence-electron chi connectivity index (χ2n) is 6.68. The Morgan fingerprint density at radius 2 is 1.92 bits per heavy atom. The standard InChI is InChI=1S/C20H21N3O/c1-14-5-7-18-16(10-14)4-3-9-22(18)13-17-11-20(24)23-12-15(2)6-8-19(23)21-17/h5-8,10-12H,3-4,9,13H2,1-2H3. The molecule has 0 unspecified atom stereocenters. The summed E-state index contributed by atoms with van der Waals surface area (Å²) in [7, 11) is 0. The number of aromatic nitrogens is 2. The van der Waals surface area contributed by atoms with Gasteiger partial charge in [0, 0.05) is 24.5 Å². The summed E-state index contributed by atoms with van der Waals surface area (Å²) in [6, 6.07) is 12.2. The number of benzene rings is 1. The van der Waals surface area contributed by atoms with E-state index in [1.165, 1.54) is 16.8 Å². The van der Waals surface area contributed by atoms with Gasteiger partial charge in [-0.2, -0.15) is 0 Å². The first-order valence-corrected chi connectivity index (χ1v) is 8.43. The van der Waals surface area contributed by atoms with Crippen LogP contribution in [0.15, 0.2) is 47.4 Å². The number of rotatable bonds is 2. The summed E-state index contributed by atoms with van der Waals surface area (Å²) in [6.07, 6.45) is 4.11. The predicted molar refractivity (Wildman–Crippen MR) is 96.7 cm³/mol. The Labute approximate surface area is 141 Å². The molecule has 1 aromatic carbocycles. The van der Waals surface area contributed by atoms with Crippen LogP contribution in [0.3, 0.4) is 0 Å². The van der Waals surface area contributed by atoms with Gasteiger partial charge in [-0.1, -0.05) is 23.8 Å². The Morgan fingerprint density at radius 1 is 1.08 bits per heavy atom. The van der Waals surface area contributed by atoms with E-state index < -0.39 is 0 Å². The van der Waals surface area contributed by atoms with Crippen molar-refractivity contribution < 1.29 is 0 Å². The summed E-state index contributed by atoms with van der Waals surface area (Å²) in [4.78, 5) is 19.4. The van der Waals surface area contributed by atoms with Crippen molar-refractivity contribution >= 4 is 11.3 Å². The van der Waals surface area contributed by atoms with Gasteiger partial charge in [-0.15, -0.1) is 0 Å². The molecule has 3 aromatic rings. The zero-order valence-corrected chi connectivity index (χ0v) is 14.1. The highest BCUT2D eigenvalue weighted by Gasteiger charge is 2.18. The highest BCUT2D eigenvalue weighted by molar-refractivity contribution is 5.57. The number of hydrogen-bond donors (Lipinski definition) is 0. The summed E-state index contributed by atoms with van der Waals surface area (Å²) >= 11 is 0. The monoisotopic (exact) mass is 319 g/mol. The molecule has 0 spiro atoms. The van der Waals surface area contributed by atoms with Gasteiger partial charge in [-0.3, -0.25) is 9.20 Å². The molecule has 4 heteroatoms. The molecule has 4 nitrogen and oxygen atoms in total. The van der Waals surface area contributed by atoms with Crippen molar-refractivity contribution in [1.82, 2.24) is 9.38 Å². The average Bonchev–Trinajstić information content (AvgIpc) is 2.55. The van der Waals surface area contributed by atoms with Crippen LogP contribution in [-0.2, 0) is 13.0 Å². The van der Waals surface area contributed by atoms with E-state index in [1.807, 2.05) is 25.3 Å². The number of fused-ring (bicyclic) bond motifs is 2. The van der Waals surface area contributed by atoms with E-state index in [-0.39, 0.29) is 5.56 Å². The highest BCUT2D eigenvalue weighted by atomic mass is 16.1. The van der Waals surface area contributed by atoms with Crippen LogP contribution in [0.5, 0.6) is 0 Å². The molecule has 0 saturated heterocycles. The third-order valence-corrected chi connectivity index (χ3v) is 4.66. The summed E-state index contributed by atoms with van der Waals surface area (Å²) in [5.74, 6) is 0. The maximum absolute atomic E-state index is 12.4. The van der Waals surface area contributed by atoms with Crippen molar-refractivity contribution in [3.05, 3.63) is 75.3 Å². The van der Waals surface area contributed by atoms with Gasteiger partial charge >= 0.3 is 0 Å². The number of aryl methyl sites for hydroxylation is 3. The number of pyridine rings is 1. The van der Waals surface area contributed by atoms with Crippen molar-refractivity contribution in [2.45, 2.75) is 33.2 Å². The molecule has 0 fully saturated rings. The van der Waals surface area contributed by atoms with Crippen LogP contribution in [0.2, 0.25) is 0 Å². The Morgan fingerprint density at radius 3 is 2.79 bits per heavy atom. The molecule has 122 valence electrons. The van der Waals surface area contributed by atoms with Crippen molar-refractivity contribution in [1.29, 1.82) is 0 Å². The first kappa shape index (κ1) is 14.9. The van der Waals surface area contributed by atoms with Crippen LogP contribution in [-0.4, -0.2) is 15.9 Å². The number of anilines is 1. The Bertz CT molecular complexity index is 974. The lowest BCUT2D eigenvalue weighted by Gasteiger charge is -2.31. The van der Waals surface area contributed by atoms with Gasteiger partial charge in [-0.05, 0) is 49.9 Å². The van der Waals surface area contributed by atoms with Crippen LogP contribution < -0.4 is 10.5 Å². The van der Waals surface area contributed by atoms with Gasteiger partial charge in [0.15, 0.2) is 0 Å². The molecule has 24 heavy (non-hydrogen) atoms. The maximum Gasteiger partial charge on any atom is 0.258 e. The Hall–Kier alpha value is -2.62. The van der Waals surface area contributed by atoms with E-state index in [0.717, 1.165) is 30.6 Å². The van der Waals surface area contributed by atoms with Crippen LogP contribution in [0.4, 0.5) is 5.69 Å². The summed E-state index contributed by atoms with van der Waals surface area (Å²) in [6.45, 7) is 5.79. The first-order valence-electron chi connectivity index (χ1n) is 8.43. The molecule has 1 aliphatic rings. The molecular weight excluding hydrogens is 298 g/mol. The summed E-state index contributed by atoms with van der Waals surface area (Å²) < 4.78 is 1.62. The fourth-order valence-electron chi connectivity index (χ4n) is 3.50. The van der Waals surface area contributed by atoms with Gasteiger partial charge in [0.25, 0.3) is 5.56 Å². The van der Waals surface area contributed by atoms with Crippen LogP contribution in [0.25, 0.3) is 5.65 Å². The molecule has 0 atom stereocenters. The lowest BCUT2D eigenvalue weighted by molar-refractivity contribution is 0.682. The zero-order chi connectivity index (χ0) is 16.7. The number of hydrogen-bond acceptors (Lipinski definition) is 3. The summed E-state index contributed by atoms with van der Waals surface area (Å²) in [5, 5.41) is 0. The van der Waals surface area contributed by atoms with Crippen LogP contribution in [0.1, 0.15) is 28.8 Å². The lowest BCUT2D eigenvalue weighted by Crippen LogP contribution is -2.30. The quantitative estimate of drug-likeness (QED) is 0.727. The molecule has 0 N–H and O–H groups in total. The maximum atomic E-state index is 12.4. The minimum absolute atomic E-state index is 0.0140. The van der Waals surface area contributed by atoms with Gasteiger partial charge in [0.2, 0.25) is 0 Å². The first-order chi connectivity index (χ1) is 11.6. The second kappa shape index (κ2) is 5.78. The third-order valence-electron chi connectivity index (χ3n) is 4.66. The normalized spacial score (nSPS) is 14.0. The van der Waals surface area contributed by atoms with Gasteiger partial charge in [-0.25, -0.2) is 4.98 Å². The summed E-state index contributed by atoms with van der Waals surface area (Å²) in [5.41, 5.74) is 6.56. The molecule has 3 heterocycles. The second-order valence-corrected chi connectivity index (χ2v) is 6.68. The smallest absolute Gasteiger partial charge is 0.258 e. The molecular formula is C20H21N3O. The molecule has 0 radical (unpaired) electrons. The topological polar surface area (TPSA) is 37.6 Å². The minimum Gasteiger partial charge on any atom is -0.365 e. The van der Waals surface area contributed by atoms with Crippen molar-refractivity contribution in [3.8, 4) is 0 Å². The molecule has 0 bridgehead atoms. The third kappa shape index (κ3) is 2.68. The van der Waals surface area contributed by atoms with Gasteiger partial charge in [0.05, 0.1) is 12.2 Å². The van der Waals surface area contributed by atoms with E-state index in [2.05, 4.69) is 35.0 Å². The molecule has 2 aromatic heterocycles. The van der Waals surface area contributed by atoms with Gasteiger partial charge in [0.1, 0.15) is 5.65 Å². The van der Waals surface area contributed by atoms with Gasteiger partial charge < -0.3 is 4.90 Å². The largest absolute Gasteiger partial charge is 0.365 e. The molecule has 0 saturated carbocycles. The Balaban J connectivity index is 1.71. The molecule has 1 aliphatic heterocycles. The minimum atomic E-state index is -0.0140. The molecule has 0 amide bonds. The SMILES string of the molecule is Cc1ccc2c(c1)CCCN2Cc1cc(=O)n2cc(C)ccc2n1. The lowest BCUT2D eigenvalue weighted by atomic mass is 9.99. The Kier molecular flexibility index (Phi) is 3.60. The van der Waals surface area contributed by atoms with E-state index in [4.69, 9.17) is 0 Å². The average molecular weight is 319 g/mol. The van der Waals surface area contributed by atoms with E-state index in [0.29, 0.717) is 12.2 Å².